The van der Waals surface area contributed by atoms with Gasteiger partial charge in [-0.15, -0.1) is 0 Å². The van der Waals surface area contributed by atoms with Crippen molar-refractivity contribution >= 4 is 38.3 Å². The van der Waals surface area contributed by atoms with Gasteiger partial charge in [-0.25, -0.2) is 4.39 Å². The van der Waals surface area contributed by atoms with Crippen molar-refractivity contribution in [1.29, 1.82) is 0 Å². The van der Waals surface area contributed by atoms with Crippen molar-refractivity contribution in [3.8, 4) is 0 Å². The molecule has 2 aromatic rings. The van der Waals surface area contributed by atoms with Crippen LogP contribution in [-0.2, 0) is 22.3 Å². The number of carbonyl (C=O) groups is 2. The summed E-state index contributed by atoms with van der Waals surface area (Å²) in [6.45, 7) is 1.45. The normalized spacial score (nSPS) is 14.8. The van der Waals surface area contributed by atoms with Crippen molar-refractivity contribution in [1.82, 2.24) is 0 Å². The molecule has 0 aromatic heterocycles. The number of hydrogen-bond acceptors (Lipinski definition) is 2. The minimum absolute atomic E-state index is 0.00420. The standard InChI is InChI=1S/C20H14BrF4NO2/c1-11-2-3-12(6-16(11)22)9-26-17-8-14(20(23,24)25)4-5-15(17)19(21)13(10-27)7-18(26)28/h2-6,8,10H,7,9H2,1H3. The molecule has 0 saturated carbocycles. The summed E-state index contributed by atoms with van der Waals surface area (Å²) in [5, 5.41) is 0. The van der Waals surface area contributed by atoms with Gasteiger partial charge in [0.25, 0.3) is 0 Å². The lowest BCUT2D eigenvalue weighted by Gasteiger charge is -2.24. The summed E-state index contributed by atoms with van der Waals surface area (Å²) in [7, 11) is 0. The number of hydrogen-bond donors (Lipinski definition) is 0. The fourth-order valence-corrected chi connectivity index (χ4v) is 3.51. The molecule has 0 unspecified atom stereocenters. The summed E-state index contributed by atoms with van der Waals surface area (Å²) in [6.07, 6.45) is -4.39. The van der Waals surface area contributed by atoms with Gasteiger partial charge in [0.2, 0.25) is 5.91 Å². The summed E-state index contributed by atoms with van der Waals surface area (Å²) in [6, 6.07) is 7.35. The second kappa shape index (κ2) is 7.50. The van der Waals surface area contributed by atoms with E-state index in [1.54, 1.807) is 13.0 Å². The Hall–Kier alpha value is -2.48. The topological polar surface area (TPSA) is 37.4 Å². The van der Waals surface area contributed by atoms with Crippen LogP contribution < -0.4 is 4.90 Å². The van der Waals surface area contributed by atoms with Crippen LogP contribution in [0, 0.1) is 12.7 Å². The molecule has 8 heteroatoms. The Balaban J connectivity index is 2.15. The van der Waals surface area contributed by atoms with Crippen LogP contribution in [0.2, 0.25) is 0 Å². The van der Waals surface area contributed by atoms with E-state index in [-0.39, 0.29) is 34.3 Å². The molecule has 0 atom stereocenters. The maximum Gasteiger partial charge on any atom is 0.416 e. The van der Waals surface area contributed by atoms with Crippen LogP contribution in [0.25, 0.3) is 4.48 Å². The highest BCUT2D eigenvalue weighted by atomic mass is 79.9. The number of fused-ring (bicyclic) bond motifs is 1. The predicted octanol–water partition coefficient (Wildman–Crippen LogP) is 5.39. The third kappa shape index (κ3) is 3.87. The first-order chi connectivity index (χ1) is 13.1. The summed E-state index contributed by atoms with van der Waals surface area (Å²) in [5.74, 6) is -1.03. The molecule has 0 radical (unpaired) electrons. The van der Waals surface area contributed by atoms with Crippen molar-refractivity contribution in [2.24, 2.45) is 0 Å². The predicted molar refractivity (Wildman–Crippen MR) is 100 cm³/mol. The van der Waals surface area contributed by atoms with Crippen LogP contribution in [0.4, 0.5) is 23.2 Å². The first-order valence-corrected chi connectivity index (χ1v) is 9.02. The van der Waals surface area contributed by atoms with Gasteiger partial charge in [0, 0.05) is 15.6 Å². The number of benzene rings is 2. The molecule has 2 aromatic carbocycles. The van der Waals surface area contributed by atoms with Gasteiger partial charge in [-0.05, 0) is 52.2 Å². The molecule has 28 heavy (non-hydrogen) atoms. The molecule has 0 spiro atoms. The highest BCUT2D eigenvalue weighted by molar-refractivity contribution is 9.15. The van der Waals surface area contributed by atoms with E-state index in [4.69, 9.17) is 0 Å². The maximum atomic E-state index is 13.9. The molecule has 3 rings (SSSR count). The van der Waals surface area contributed by atoms with Crippen molar-refractivity contribution < 1.29 is 27.2 Å². The summed E-state index contributed by atoms with van der Waals surface area (Å²) < 4.78 is 53.8. The highest BCUT2D eigenvalue weighted by Gasteiger charge is 2.34. The maximum absolute atomic E-state index is 13.9. The van der Waals surface area contributed by atoms with E-state index in [0.29, 0.717) is 17.4 Å². The number of carbonyl (C=O) groups excluding carboxylic acids is 2. The van der Waals surface area contributed by atoms with E-state index in [1.807, 2.05) is 0 Å². The Labute approximate surface area is 166 Å². The summed E-state index contributed by atoms with van der Waals surface area (Å²) in [4.78, 5) is 25.3. The van der Waals surface area contributed by atoms with Crippen LogP contribution in [0.1, 0.15) is 28.7 Å². The third-order valence-electron chi connectivity index (χ3n) is 4.50. The molecule has 1 aliphatic heterocycles. The Morgan fingerprint density at radius 3 is 2.50 bits per heavy atom. The van der Waals surface area contributed by atoms with Crippen molar-refractivity contribution in [3.63, 3.8) is 0 Å². The molecule has 1 amide bonds. The van der Waals surface area contributed by atoms with Gasteiger partial charge >= 0.3 is 6.18 Å². The van der Waals surface area contributed by atoms with E-state index in [2.05, 4.69) is 15.9 Å². The van der Waals surface area contributed by atoms with Crippen molar-refractivity contribution in [2.75, 3.05) is 4.90 Å². The lowest BCUT2D eigenvalue weighted by Crippen LogP contribution is -2.30. The number of halogens is 5. The zero-order valence-corrected chi connectivity index (χ0v) is 16.2. The third-order valence-corrected chi connectivity index (χ3v) is 5.43. The smallest absolute Gasteiger partial charge is 0.307 e. The van der Waals surface area contributed by atoms with E-state index in [9.17, 15) is 27.2 Å². The first kappa shape index (κ1) is 20.3. The van der Waals surface area contributed by atoms with Gasteiger partial charge in [-0.1, -0.05) is 18.2 Å². The molecule has 1 heterocycles. The number of amides is 1. The fraction of sp³-hybridized carbons (Fsp3) is 0.200. The minimum Gasteiger partial charge on any atom is -0.307 e. The zero-order valence-electron chi connectivity index (χ0n) is 14.6. The van der Waals surface area contributed by atoms with Crippen molar-refractivity contribution in [3.05, 3.63) is 70.0 Å². The average Bonchev–Trinajstić information content (AvgIpc) is 2.73. The number of aryl methyl sites for hydroxylation is 1. The first-order valence-electron chi connectivity index (χ1n) is 8.22. The molecule has 146 valence electrons. The average molecular weight is 456 g/mol. The Bertz CT molecular complexity index is 998. The number of nitrogens with zero attached hydrogens (tertiary/aromatic N) is 1. The van der Waals surface area contributed by atoms with Crippen LogP contribution >= 0.6 is 15.9 Å². The molecule has 0 saturated heterocycles. The van der Waals surface area contributed by atoms with E-state index in [0.717, 1.165) is 17.0 Å². The lowest BCUT2D eigenvalue weighted by atomic mass is 10.1. The zero-order chi connectivity index (χ0) is 20.6. The Morgan fingerprint density at radius 1 is 1.18 bits per heavy atom. The number of aldehydes is 1. The Morgan fingerprint density at radius 2 is 1.89 bits per heavy atom. The van der Waals surface area contributed by atoms with Crippen LogP contribution in [0.15, 0.2) is 42.0 Å². The molecule has 0 fully saturated rings. The number of alkyl halides is 3. The number of rotatable bonds is 3. The quantitative estimate of drug-likeness (QED) is 0.459. The molecular weight excluding hydrogens is 442 g/mol. The molecule has 3 nitrogen and oxygen atoms in total. The van der Waals surface area contributed by atoms with Gasteiger partial charge in [-0.2, -0.15) is 13.2 Å². The van der Waals surface area contributed by atoms with Gasteiger partial charge in [0.05, 0.1) is 24.2 Å². The monoisotopic (exact) mass is 455 g/mol. The Kier molecular flexibility index (Phi) is 5.43. The van der Waals surface area contributed by atoms with E-state index in [1.165, 1.54) is 18.2 Å². The second-order valence-corrected chi connectivity index (χ2v) is 7.22. The van der Waals surface area contributed by atoms with Crippen LogP contribution in [0.3, 0.4) is 0 Å². The van der Waals surface area contributed by atoms with Gasteiger partial charge in [0.1, 0.15) is 12.1 Å². The molecule has 0 bridgehead atoms. The largest absolute Gasteiger partial charge is 0.416 e. The lowest BCUT2D eigenvalue weighted by molar-refractivity contribution is -0.137. The van der Waals surface area contributed by atoms with E-state index < -0.39 is 23.5 Å². The molecule has 0 aliphatic carbocycles. The SMILES string of the molecule is Cc1ccc(CN2C(=O)CC(C=O)=C(Br)c3ccc(C(F)(F)F)cc32)cc1F. The van der Waals surface area contributed by atoms with Crippen LogP contribution in [-0.4, -0.2) is 12.2 Å². The van der Waals surface area contributed by atoms with Gasteiger partial charge in [-0.3, -0.25) is 9.59 Å². The second-order valence-electron chi connectivity index (χ2n) is 6.43. The van der Waals surface area contributed by atoms with Crippen LogP contribution in [0.5, 0.6) is 0 Å². The summed E-state index contributed by atoms with van der Waals surface area (Å²) >= 11 is 3.23. The van der Waals surface area contributed by atoms with E-state index >= 15 is 0 Å². The van der Waals surface area contributed by atoms with Gasteiger partial charge < -0.3 is 4.90 Å². The fourth-order valence-electron chi connectivity index (χ4n) is 2.94. The molecule has 1 aliphatic rings. The van der Waals surface area contributed by atoms with Gasteiger partial charge in [0.15, 0.2) is 0 Å². The molecule has 0 N–H and O–H groups in total. The number of anilines is 1. The highest BCUT2D eigenvalue weighted by Crippen LogP contribution is 2.41. The summed E-state index contributed by atoms with van der Waals surface area (Å²) in [5.41, 5.74) is 0.333. The van der Waals surface area contributed by atoms with Crippen molar-refractivity contribution in [2.45, 2.75) is 26.1 Å². The molecular formula is C20H14BrF4NO2. The minimum atomic E-state index is -4.60.